The summed E-state index contributed by atoms with van der Waals surface area (Å²) >= 11 is 0. The molecule has 0 fully saturated rings. The van der Waals surface area contributed by atoms with E-state index >= 15 is 0 Å². The first kappa shape index (κ1) is 53.7. The summed E-state index contributed by atoms with van der Waals surface area (Å²) in [5.41, 5.74) is 11.6. The van der Waals surface area contributed by atoms with Crippen LogP contribution in [-0.2, 0) is 0 Å². The van der Waals surface area contributed by atoms with Gasteiger partial charge in [0.05, 0.1) is 27.8 Å². The molecule has 3 nitrogen and oxygen atoms in total. The first-order chi connectivity index (χ1) is 41.9. The van der Waals surface area contributed by atoms with E-state index in [2.05, 4.69) is 191 Å². The summed E-state index contributed by atoms with van der Waals surface area (Å²) in [5.74, 6) is 0. The normalized spacial score (nSPS) is 12.1. The lowest BCUT2D eigenvalue weighted by atomic mass is 9.58. The molecule has 0 amide bonds. The number of rotatable bonds is 9. The SMILES string of the molecule is [B]c1c([B])c([B])c(-c2cc(S(c3ccccc3)(c3ccccc3)c3ccccc3)cc(-c3c([B])c([B])c([B])c([B])c3[B])c2-n2c3ccccc3c3cc(-n4c5ccccc5c5cccc(-c6cccc7c6oc6ccccc67)c54)ccc32)c([B])c1[B]. The fourth-order valence-electron chi connectivity index (χ4n) is 13.2. The standard InChI is InChI=1S/C72H38B10N2OS/c73-60-58(61(74)65(78)68(81)64(60)77)52-37-43(86(40-18-4-1-5-19-40,41-20-6-2-7-21-41)42-22-8-3-9-23-42)38-53(59-62(75)66(79)69(82)67(80)63(59)76)71(52)84-55-32-14-11-25-45(55)51-36-39(34-35-56(51)84)83-54-31-13-10-24-44(54)47-27-16-28-48(70(47)83)50-30-17-29-49-46-26-12-15-33-57(46)85-72(49)50/h1-38H. The van der Waals surface area contributed by atoms with Crippen LogP contribution in [0.3, 0.4) is 0 Å². The molecule has 15 rings (SSSR count). The Morgan fingerprint density at radius 3 is 1.22 bits per heavy atom. The summed E-state index contributed by atoms with van der Waals surface area (Å²) in [6.07, 6.45) is 0. The molecule has 14 heteroatoms. The summed E-state index contributed by atoms with van der Waals surface area (Å²) in [6, 6.07) is 80.1. The van der Waals surface area contributed by atoms with Crippen molar-refractivity contribution in [3.63, 3.8) is 0 Å². The van der Waals surface area contributed by atoms with Crippen LogP contribution >= 0.6 is 10.0 Å². The van der Waals surface area contributed by atoms with E-state index in [1.54, 1.807) is 0 Å². The molecule has 3 aromatic heterocycles. The van der Waals surface area contributed by atoms with Crippen LogP contribution in [0.2, 0.25) is 0 Å². The Hall–Kier alpha value is -8.96. The fourth-order valence-corrected chi connectivity index (χ4v) is 17.1. The van der Waals surface area contributed by atoms with Gasteiger partial charge in [-0.15, -0.1) is 42.8 Å². The molecule has 0 bridgehead atoms. The van der Waals surface area contributed by atoms with Crippen molar-refractivity contribution < 1.29 is 4.42 Å². The molecule has 20 radical (unpaired) electrons. The highest BCUT2D eigenvalue weighted by atomic mass is 32.3. The van der Waals surface area contributed by atoms with Crippen LogP contribution in [0.5, 0.6) is 0 Å². The van der Waals surface area contributed by atoms with Crippen molar-refractivity contribution in [2.24, 2.45) is 0 Å². The van der Waals surface area contributed by atoms with Gasteiger partial charge in [0.25, 0.3) is 0 Å². The second-order valence-electron chi connectivity index (χ2n) is 21.7. The Balaban J connectivity index is 1.11. The Labute approximate surface area is 513 Å². The van der Waals surface area contributed by atoms with E-state index < -0.39 is 10.0 Å². The lowest BCUT2D eigenvalue weighted by Crippen LogP contribution is -2.55. The summed E-state index contributed by atoms with van der Waals surface area (Å²) < 4.78 is 11.3. The number of fused-ring (bicyclic) bond motifs is 9. The average molecular weight is 1090 g/mol. The van der Waals surface area contributed by atoms with Crippen molar-refractivity contribution in [3.05, 3.63) is 231 Å². The van der Waals surface area contributed by atoms with Crippen molar-refractivity contribution in [1.82, 2.24) is 9.13 Å². The Bertz CT molecular complexity index is 5070. The summed E-state index contributed by atoms with van der Waals surface area (Å²) in [6.45, 7) is 0. The summed E-state index contributed by atoms with van der Waals surface area (Å²) in [5, 5.41) is 6.17. The molecule has 0 atom stereocenters. The predicted molar refractivity (Wildman–Crippen MR) is 373 cm³/mol. The van der Waals surface area contributed by atoms with Gasteiger partial charge in [-0.3, -0.25) is 0 Å². The first-order valence-electron chi connectivity index (χ1n) is 28.0. The molecule has 0 saturated heterocycles. The largest absolute Gasteiger partial charge is 0.455 e. The topological polar surface area (TPSA) is 23.0 Å². The zero-order valence-corrected chi connectivity index (χ0v) is 47.2. The van der Waals surface area contributed by atoms with Crippen LogP contribution in [0.4, 0.5) is 0 Å². The molecule has 0 unspecified atom stereocenters. The van der Waals surface area contributed by atoms with Gasteiger partial charge >= 0.3 is 0 Å². The third-order valence-electron chi connectivity index (χ3n) is 17.2. The van der Waals surface area contributed by atoms with Gasteiger partial charge in [0, 0.05) is 79.8 Å². The molecule has 0 N–H and O–H groups in total. The third kappa shape index (κ3) is 7.84. The van der Waals surface area contributed by atoms with Gasteiger partial charge in [-0.2, -0.15) is 0 Å². The van der Waals surface area contributed by atoms with Crippen LogP contribution in [-0.4, -0.2) is 87.6 Å². The number of para-hydroxylation sites is 5. The molecule has 0 saturated carbocycles. The molecule has 0 aliphatic carbocycles. The Kier molecular flexibility index (Phi) is 12.9. The molecule has 0 spiro atoms. The van der Waals surface area contributed by atoms with E-state index in [0.717, 1.165) is 102 Å². The van der Waals surface area contributed by atoms with E-state index in [4.69, 9.17) is 82.9 Å². The zero-order valence-electron chi connectivity index (χ0n) is 46.4. The molecule has 15 aromatic rings. The molecule has 0 aliphatic heterocycles. The fraction of sp³-hybridized carbons (Fsp3) is 0. The van der Waals surface area contributed by atoms with Gasteiger partial charge in [0.15, 0.2) is 0 Å². The summed E-state index contributed by atoms with van der Waals surface area (Å²) in [7, 11) is 68.0. The molecule has 12 aromatic carbocycles. The first-order valence-corrected chi connectivity index (χ1v) is 29.7. The minimum Gasteiger partial charge on any atom is -0.455 e. The number of hydrogen-bond donors (Lipinski definition) is 0. The lowest BCUT2D eigenvalue weighted by Gasteiger charge is -2.43. The maximum absolute atomic E-state index is 7.35. The zero-order chi connectivity index (χ0) is 58.9. The number of benzene rings is 12. The van der Waals surface area contributed by atoms with E-state index in [1.165, 1.54) is 0 Å². The van der Waals surface area contributed by atoms with Crippen molar-refractivity contribution in [1.29, 1.82) is 0 Å². The molecule has 378 valence electrons. The highest BCUT2D eigenvalue weighted by Gasteiger charge is 2.37. The van der Waals surface area contributed by atoms with E-state index in [-0.39, 0.29) is 54.6 Å². The van der Waals surface area contributed by atoms with Gasteiger partial charge in [-0.1, -0.05) is 167 Å². The predicted octanol–water partition coefficient (Wildman–Crippen LogP) is 8.06. The van der Waals surface area contributed by atoms with E-state index in [9.17, 15) is 0 Å². The highest BCUT2D eigenvalue weighted by molar-refractivity contribution is 8.34. The van der Waals surface area contributed by atoms with Crippen LogP contribution in [0.1, 0.15) is 0 Å². The quantitative estimate of drug-likeness (QED) is 0.134. The van der Waals surface area contributed by atoms with Gasteiger partial charge < -0.3 is 13.6 Å². The Morgan fingerprint density at radius 2 is 0.686 bits per heavy atom. The Morgan fingerprint density at radius 1 is 0.279 bits per heavy atom. The van der Waals surface area contributed by atoms with Gasteiger partial charge in [0.2, 0.25) is 0 Å². The van der Waals surface area contributed by atoms with Gasteiger partial charge in [0.1, 0.15) is 89.6 Å². The second kappa shape index (κ2) is 20.6. The monoisotopic (exact) mass is 1090 g/mol. The van der Waals surface area contributed by atoms with Crippen molar-refractivity contribution in [2.75, 3.05) is 0 Å². The smallest absolute Gasteiger partial charge is 0.143 e. The third-order valence-corrected chi connectivity index (χ3v) is 21.1. The number of furan rings is 1. The number of hydrogen-bond acceptors (Lipinski definition) is 1. The maximum Gasteiger partial charge on any atom is 0.143 e. The van der Waals surface area contributed by atoms with Crippen molar-refractivity contribution >= 4 is 209 Å². The molecule has 86 heavy (non-hydrogen) atoms. The van der Waals surface area contributed by atoms with Gasteiger partial charge in [-0.25, -0.2) is 0 Å². The molecule has 3 heterocycles. The van der Waals surface area contributed by atoms with Crippen LogP contribution in [0, 0.1) is 0 Å². The van der Waals surface area contributed by atoms with Crippen LogP contribution in [0.25, 0.3) is 110 Å². The maximum atomic E-state index is 7.35. The van der Waals surface area contributed by atoms with Crippen LogP contribution < -0.4 is 54.6 Å². The average Bonchev–Trinajstić information content (AvgIpc) is 1.25. The molecular weight excluding hydrogens is 1050 g/mol. The van der Waals surface area contributed by atoms with Gasteiger partial charge in [-0.05, 0) is 96.1 Å². The molecular formula is C72H38B10N2OS. The van der Waals surface area contributed by atoms with E-state index in [1.807, 2.05) is 48.5 Å². The second-order valence-corrected chi connectivity index (χ2v) is 24.8. The van der Waals surface area contributed by atoms with E-state index in [0.29, 0.717) is 27.9 Å². The summed E-state index contributed by atoms with van der Waals surface area (Å²) in [4.78, 5) is 3.94. The van der Waals surface area contributed by atoms with Crippen LogP contribution in [0.15, 0.2) is 255 Å². The minimum absolute atomic E-state index is 0.0685. The molecule has 0 aliphatic rings. The van der Waals surface area contributed by atoms with Crippen molar-refractivity contribution in [2.45, 2.75) is 19.6 Å². The number of aromatic nitrogens is 2. The lowest BCUT2D eigenvalue weighted by molar-refractivity contribution is 0.670. The number of nitrogens with zero attached hydrogens (tertiary/aromatic N) is 2. The minimum atomic E-state index is -2.52. The van der Waals surface area contributed by atoms with Crippen molar-refractivity contribution in [3.8, 4) is 44.8 Å². The highest BCUT2D eigenvalue weighted by Crippen LogP contribution is 2.74.